The van der Waals surface area contributed by atoms with Gasteiger partial charge < -0.3 is 5.32 Å². The van der Waals surface area contributed by atoms with Crippen LogP contribution in [-0.4, -0.2) is 30.1 Å². The third kappa shape index (κ3) is 3.30. The molecule has 1 saturated heterocycles. The van der Waals surface area contributed by atoms with Crippen LogP contribution in [0.4, 0.5) is 0 Å². The predicted molar refractivity (Wildman–Crippen MR) is 85.6 cm³/mol. The first-order valence-electron chi connectivity index (χ1n) is 7.58. The second kappa shape index (κ2) is 6.23. The van der Waals surface area contributed by atoms with Crippen molar-refractivity contribution in [1.29, 1.82) is 0 Å². The summed E-state index contributed by atoms with van der Waals surface area (Å²) in [6.07, 6.45) is 6.74. The molecule has 20 heavy (non-hydrogen) atoms. The monoisotopic (exact) mass is 312 g/mol. The third-order valence-corrected chi connectivity index (χ3v) is 5.27. The number of hydrogen-bond acceptors (Lipinski definition) is 2. The molecular formula is C16H22Cl2N2. The minimum Gasteiger partial charge on any atom is -0.309 e. The van der Waals surface area contributed by atoms with Crippen molar-refractivity contribution in [2.45, 2.75) is 44.2 Å². The van der Waals surface area contributed by atoms with Crippen LogP contribution in [0, 0.1) is 0 Å². The average molecular weight is 313 g/mol. The fourth-order valence-corrected chi connectivity index (χ4v) is 4.02. The molecule has 2 aliphatic rings. The highest BCUT2D eigenvalue weighted by atomic mass is 35.5. The Morgan fingerprint density at radius 1 is 1.15 bits per heavy atom. The highest BCUT2D eigenvalue weighted by Gasteiger charge is 2.36. The molecule has 0 unspecified atom stereocenters. The van der Waals surface area contributed by atoms with Crippen LogP contribution in [0.25, 0.3) is 0 Å². The Morgan fingerprint density at radius 2 is 1.95 bits per heavy atom. The van der Waals surface area contributed by atoms with E-state index in [2.05, 4.69) is 10.2 Å². The molecule has 1 N–H and O–H groups in total. The smallest absolute Gasteiger partial charge is 0.0452 e. The van der Waals surface area contributed by atoms with E-state index in [9.17, 15) is 0 Å². The van der Waals surface area contributed by atoms with Crippen LogP contribution in [0.15, 0.2) is 18.2 Å². The number of nitrogens with zero attached hydrogens (tertiary/aromatic N) is 1. The van der Waals surface area contributed by atoms with Gasteiger partial charge in [0.05, 0.1) is 0 Å². The molecule has 1 aromatic rings. The lowest BCUT2D eigenvalue weighted by molar-refractivity contribution is 0.0945. The maximum atomic E-state index is 6.29. The van der Waals surface area contributed by atoms with E-state index in [0.717, 1.165) is 41.8 Å². The number of hydrogen-bond donors (Lipinski definition) is 1. The van der Waals surface area contributed by atoms with Crippen molar-refractivity contribution in [1.82, 2.24) is 10.2 Å². The summed E-state index contributed by atoms with van der Waals surface area (Å²) in [5.41, 5.74) is 1.49. The quantitative estimate of drug-likeness (QED) is 0.884. The molecule has 2 nitrogen and oxygen atoms in total. The standard InChI is InChI=1S/C16H22Cl2N2/c17-14-4-5-15(18)13(10-14)11-20-9-8-19-16(12-20)6-2-1-3-7-16/h4-5,10,19H,1-3,6-9,11-12H2. The van der Waals surface area contributed by atoms with Crippen molar-refractivity contribution in [2.75, 3.05) is 19.6 Å². The summed E-state index contributed by atoms with van der Waals surface area (Å²) >= 11 is 12.4. The molecule has 0 atom stereocenters. The lowest BCUT2D eigenvalue weighted by Gasteiger charge is -2.46. The summed E-state index contributed by atoms with van der Waals surface area (Å²) in [6, 6.07) is 5.75. The number of nitrogens with one attached hydrogen (secondary N) is 1. The van der Waals surface area contributed by atoms with Crippen LogP contribution in [0.2, 0.25) is 10.0 Å². The van der Waals surface area contributed by atoms with Gasteiger partial charge in [-0.3, -0.25) is 4.90 Å². The number of benzene rings is 1. The largest absolute Gasteiger partial charge is 0.309 e. The molecule has 1 aliphatic heterocycles. The Labute approximate surface area is 131 Å². The van der Waals surface area contributed by atoms with Gasteiger partial charge in [-0.25, -0.2) is 0 Å². The van der Waals surface area contributed by atoms with E-state index in [-0.39, 0.29) is 0 Å². The zero-order chi connectivity index (χ0) is 14.0. The summed E-state index contributed by atoms with van der Waals surface area (Å²) < 4.78 is 0. The van der Waals surface area contributed by atoms with Gasteiger partial charge in [0.15, 0.2) is 0 Å². The summed E-state index contributed by atoms with van der Waals surface area (Å²) in [7, 11) is 0. The molecule has 1 saturated carbocycles. The zero-order valence-electron chi connectivity index (χ0n) is 11.8. The molecule has 0 radical (unpaired) electrons. The molecule has 0 aromatic heterocycles. The van der Waals surface area contributed by atoms with Crippen molar-refractivity contribution in [3.8, 4) is 0 Å². The SMILES string of the molecule is Clc1ccc(Cl)c(CN2CCNC3(CCCCC3)C2)c1. The first-order valence-corrected chi connectivity index (χ1v) is 8.34. The molecule has 0 amide bonds. The van der Waals surface area contributed by atoms with Gasteiger partial charge in [0.25, 0.3) is 0 Å². The molecule has 1 aliphatic carbocycles. The van der Waals surface area contributed by atoms with Crippen LogP contribution in [0.3, 0.4) is 0 Å². The molecule has 0 bridgehead atoms. The van der Waals surface area contributed by atoms with E-state index in [4.69, 9.17) is 23.2 Å². The Hall–Kier alpha value is -0.280. The second-order valence-electron chi connectivity index (χ2n) is 6.21. The second-order valence-corrected chi connectivity index (χ2v) is 7.06. The molecule has 3 rings (SSSR count). The topological polar surface area (TPSA) is 15.3 Å². The van der Waals surface area contributed by atoms with Gasteiger partial charge in [-0.15, -0.1) is 0 Å². The van der Waals surface area contributed by atoms with Gasteiger partial charge in [0.1, 0.15) is 0 Å². The Morgan fingerprint density at radius 3 is 2.75 bits per heavy atom. The average Bonchev–Trinajstić information content (AvgIpc) is 2.44. The lowest BCUT2D eigenvalue weighted by atomic mass is 9.80. The fourth-order valence-electron chi connectivity index (χ4n) is 3.65. The molecular weight excluding hydrogens is 291 g/mol. The van der Waals surface area contributed by atoms with Crippen LogP contribution in [0.5, 0.6) is 0 Å². The summed E-state index contributed by atoms with van der Waals surface area (Å²) in [6.45, 7) is 4.21. The summed E-state index contributed by atoms with van der Waals surface area (Å²) in [5.74, 6) is 0. The maximum absolute atomic E-state index is 6.29. The van der Waals surface area contributed by atoms with E-state index in [1.165, 1.54) is 32.1 Å². The van der Waals surface area contributed by atoms with E-state index >= 15 is 0 Å². The Balaban J connectivity index is 1.69. The van der Waals surface area contributed by atoms with Gasteiger partial charge >= 0.3 is 0 Å². The van der Waals surface area contributed by atoms with Crippen molar-refractivity contribution < 1.29 is 0 Å². The van der Waals surface area contributed by atoms with Crippen molar-refractivity contribution in [3.63, 3.8) is 0 Å². The normalized spacial score (nSPS) is 23.1. The van der Waals surface area contributed by atoms with Gasteiger partial charge in [-0.1, -0.05) is 42.5 Å². The van der Waals surface area contributed by atoms with E-state index in [1.54, 1.807) is 0 Å². The maximum Gasteiger partial charge on any atom is 0.0452 e. The molecule has 4 heteroatoms. The predicted octanol–water partition coefficient (Wildman–Crippen LogP) is 4.10. The highest BCUT2D eigenvalue weighted by Crippen LogP contribution is 2.31. The number of piperazine rings is 1. The lowest BCUT2D eigenvalue weighted by Crippen LogP contribution is -2.60. The fraction of sp³-hybridized carbons (Fsp3) is 0.625. The van der Waals surface area contributed by atoms with Gasteiger partial charge in [0.2, 0.25) is 0 Å². The van der Waals surface area contributed by atoms with Crippen LogP contribution in [-0.2, 0) is 6.54 Å². The molecule has 1 aromatic carbocycles. The highest BCUT2D eigenvalue weighted by molar-refractivity contribution is 6.33. The third-order valence-electron chi connectivity index (χ3n) is 4.67. The first-order chi connectivity index (χ1) is 9.67. The van der Waals surface area contributed by atoms with Gasteiger partial charge in [-0.2, -0.15) is 0 Å². The minimum atomic E-state index is 0.349. The van der Waals surface area contributed by atoms with Crippen molar-refractivity contribution >= 4 is 23.2 Å². The van der Waals surface area contributed by atoms with Crippen LogP contribution in [0.1, 0.15) is 37.7 Å². The van der Waals surface area contributed by atoms with Crippen LogP contribution < -0.4 is 5.32 Å². The molecule has 2 fully saturated rings. The van der Waals surface area contributed by atoms with Gasteiger partial charge in [0, 0.05) is 41.8 Å². The summed E-state index contributed by atoms with van der Waals surface area (Å²) in [5, 5.41) is 5.37. The summed E-state index contributed by atoms with van der Waals surface area (Å²) in [4.78, 5) is 2.53. The van der Waals surface area contributed by atoms with Crippen molar-refractivity contribution in [3.05, 3.63) is 33.8 Å². The molecule has 1 spiro atoms. The van der Waals surface area contributed by atoms with E-state index in [0.29, 0.717) is 5.54 Å². The van der Waals surface area contributed by atoms with E-state index < -0.39 is 0 Å². The number of rotatable bonds is 2. The zero-order valence-corrected chi connectivity index (χ0v) is 13.3. The minimum absolute atomic E-state index is 0.349. The Bertz CT molecular complexity index is 464. The Kier molecular flexibility index (Phi) is 4.56. The number of halogens is 2. The first kappa shape index (κ1) is 14.6. The molecule has 110 valence electrons. The van der Waals surface area contributed by atoms with E-state index in [1.807, 2.05) is 18.2 Å². The van der Waals surface area contributed by atoms with Gasteiger partial charge in [-0.05, 0) is 36.6 Å². The molecule has 1 heterocycles. The van der Waals surface area contributed by atoms with Crippen molar-refractivity contribution in [2.24, 2.45) is 0 Å². The van der Waals surface area contributed by atoms with Crippen LogP contribution >= 0.6 is 23.2 Å².